The van der Waals surface area contributed by atoms with Gasteiger partial charge in [0.1, 0.15) is 0 Å². The van der Waals surface area contributed by atoms with Crippen molar-refractivity contribution < 1.29 is 8.42 Å². The van der Waals surface area contributed by atoms with Crippen LogP contribution in [0.3, 0.4) is 0 Å². The fourth-order valence-electron chi connectivity index (χ4n) is 1.10. The summed E-state index contributed by atoms with van der Waals surface area (Å²) >= 11 is 1.74. The second kappa shape index (κ2) is 7.89. The zero-order valence-electron chi connectivity index (χ0n) is 11.9. The average molecular weight is 295 g/mol. The van der Waals surface area contributed by atoms with Crippen molar-refractivity contribution in [2.75, 3.05) is 37.9 Å². The standard InChI is InChI=1S/C11H25N3O2S2/c1-11(2,3)18(15,16)9-7-14-10(12-4)13-6-8-17-5/h6-9H2,1-5H3,(H2,12,13,14). The molecule has 0 heterocycles. The lowest BCUT2D eigenvalue weighted by Crippen LogP contribution is -2.42. The number of thioether (sulfide) groups is 1. The van der Waals surface area contributed by atoms with Crippen molar-refractivity contribution in [3.8, 4) is 0 Å². The number of nitrogens with zero attached hydrogens (tertiary/aromatic N) is 1. The van der Waals surface area contributed by atoms with Gasteiger partial charge in [-0.1, -0.05) is 0 Å². The molecule has 0 saturated heterocycles. The number of rotatable bonds is 6. The Kier molecular flexibility index (Phi) is 7.70. The summed E-state index contributed by atoms with van der Waals surface area (Å²) in [6.07, 6.45) is 2.04. The number of hydrogen-bond acceptors (Lipinski definition) is 4. The molecule has 0 saturated carbocycles. The van der Waals surface area contributed by atoms with Gasteiger partial charge >= 0.3 is 0 Å². The van der Waals surface area contributed by atoms with Gasteiger partial charge in [0.05, 0.1) is 10.5 Å². The number of nitrogens with one attached hydrogen (secondary N) is 2. The zero-order chi connectivity index (χ0) is 14.2. The predicted octanol–water partition coefficient (Wildman–Crippen LogP) is 0.728. The van der Waals surface area contributed by atoms with E-state index in [4.69, 9.17) is 0 Å². The lowest BCUT2D eigenvalue weighted by molar-refractivity contribution is 0.559. The van der Waals surface area contributed by atoms with Gasteiger partial charge in [0, 0.05) is 25.9 Å². The predicted molar refractivity (Wildman–Crippen MR) is 81.3 cm³/mol. The van der Waals surface area contributed by atoms with E-state index in [1.54, 1.807) is 39.6 Å². The highest BCUT2D eigenvalue weighted by Crippen LogP contribution is 2.15. The van der Waals surface area contributed by atoms with E-state index < -0.39 is 14.6 Å². The monoisotopic (exact) mass is 295 g/mol. The van der Waals surface area contributed by atoms with Crippen LogP contribution < -0.4 is 10.6 Å². The largest absolute Gasteiger partial charge is 0.356 e. The molecule has 18 heavy (non-hydrogen) atoms. The Morgan fingerprint density at radius 3 is 2.22 bits per heavy atom. The minimum atomic E-state index is -3.08. The van der Waals surface area contributed by atoms with Crippen LogP contribution in [-0.2, 0) is 9.84 Å². The number of aliphatic imine (C=N–C) groups is 1. The van der Waals surface area contributed by atoms with Gasteiger partial charge in [-0.25, -0.2) is 8.42 Å². The molecule has 0 aliphatic rings. The Hall–Kier alpha value is -0.430. The van der Waals surface area contributed by atoms with E-state index in [-0.39, 0.29) is 5.75 Å². The normalized spacial score (nSPS) is 13.5. The molecule has 0 aliphatic heterocycles. The van der Waals surface area contributed by atoms with E-state index in [1.165, 1.54) is 0 Å². The third-order valence-corrected chi connectivity index (χ3v) is 5.64. The molecule has 0 amide bonds. The Balaban J connectivity index is 4.10. The van der Waals surface area contributed by atoms with Crippen molar-refractivity contribution in [3.05, 3.63) is 0 Å². The van der Waals surface area contributed by atoms with E-state index in [2.05, 4.69) is 15.6 Å². The molecule has 0 aromatic rings. The smallest absolute Gasteiger partial charge is 0.191 e. The molecular weight excluding hydrogens is 270 g/mol. The molecule has 0 radical (unpaired) electrons. The van der Waals surface area contributed by atoms with E-state index in [0.29, 0.717) is 12.5 Å². The molecule has 0 spiro atoms. The zero-order valence-corrected chi connectivity index (χ0v) is 13.5. The van der Waals surface area contributed by atoms with Gasteiger partial charge in [-0.15, -0.1) is 0 Å². The molecule has 0 aromatic heterocycles. The summed E-state index contributed by atoms with van der Waals surface area (Å²) in [5.41, 5.74) is 0. The van der Waals surface area contributed by atoms with E-state index in [0.717, 1.165) is 12.3 Å². The third kappa shape index (κ3) is 6.49. The Morgan fingerprint density at radius 2 is 1.78 bits per heavy atom. The summed E-state index contributed by atoms with van der Waals surface area (Å²) < 4.78 is 23.1. The van der Waals surface area contributed by atoms with E-state index >= 15 is 0 Å². The van der Waals surface area contributed by atoms with Crippen LogP contribution in [0, 0.1) is 0 Å². The highest BCUT2D eigenvalue weighted by molar-refractivity contribution is 7.98. The summed E-state index contributed by atoms with van der Waals surface area (Å²) in [6.45, 7) is 6.33. The summed E-state index contributed by atoms with van der Waals surface area (Å²) in [5.74, 6) is 1.74. The summed E-state index contributed by atoms with van der Waals surface area (Å²) in [7, 11) is -1.40. The van der Waals surface area contributed by atoms with Crippen LogP contribution in [-0.4, -0.2) is 57.0 Å². The van der Waals surface area contributed by atoms with Crippen LogP contribution in [0.15, 0.2) is 4.99 Å². The Labute approximate surface area is 115 Å². The lowest BCUT2D eigenvalue weighted by Gasteiger charge is -2.19. The van der Waals surface area contributed by atoms with Crippen molar-refractivity contribution in [1.29, 1.82) is 0 Å². The fourth-order valence-corrected chi connectivity index (χ4v) is 2.39. The molecule has 5 nitrogen and oxygen atoms in total. The molecule has 0 aromatic carbocycles. The molecule has 0 bridgehead atoms. The molecule has 0 aliphatic carbocycles. The van der Waals surface area contributed by atoms with Gasteiger partial charge in [-0.3, -0.25) is 4.99 Å². The fraction of sp³-hybridized carbons (Fsp3) is 0.909. The molecule has 108 valence electrons. The van der Waals surface area contributed by atoms with Crippen LogP contribution in [0.4, 0.5) is 0 Å². The van der Waals surface area contributed by atoms with E-state index in [9.17, 15) is 8.42 Å². The molecule has 0 atom stereocenters. The van der Waals surface area contributed by atoms with Crippen molar-refractivity contribution in [2.45, 2.75) is 25.5 Å². The second-order valence-corrected chi connectivity index (χ2v) is 8.70. The molecule has 7 heteroatoms. The molecular formula is C11H25N3O2S2. The van der Waals surface area contributed by atoms with Gasteiger partial charge < -0.3 is 10.6 Å². The highest BCUT2D eigenvalue weighted by Gasteiger charge is 2.28. The first-order chi connectivity index (χ1) is 8.24. The van der Waals surface area contributed by atoms with Gasteiger partial charge in [-0.2, -0.15) is 11.8 Å². The summed E-state index contributed by atoms with van der Waals surface area (Å²) in [4.78, 5) is 4.03. The Bertz CT molecular complexity index is 359. The molecule has 2 N–H and O–H groups in total. The van der Waals surface area contributed by atoms with Gasteiger partial charge in [0.15, 0.2) is 15.8 Å². The number of hydrogen-bond donors (Lipinski definition) is 2. The van der Waals surface area contributed by atoms with Gasteiger partial charge in [0.25, 0.3) is 0 Å². The maximum absolute atomic E-state index is 11.9. The SMILES string of the molecule is CN=C(NCCSC)NCCS(=O)(=O)C(C)(C)C. The topological polar surface area (TPSA) is 70.6 Å². The second-order valence-electron chi connectivity index (χ2n) is 4.85. The maximum atomic E-state index is 11.9. The van der Waals surface area contributed by atoms with Crippen molar-refractivity contribution in [1.82, 2.24) is 10.6 Å². The third-order valence-electron chi connectivity index (χ3n) is 2.42. The van der Waals surface area contributed by atoms with Crippen LogP contribution in [0.5, 0.6) is 0 Å². The van der Waals surface area contributed by atoms with Crippen molar-refractivity contribution in [3.63, 3.8) is 0 Å². The molecule has 0 rings (SSSR count). The van der Waals surface area contributed by atoms with Crippen LogP contribution >= 0.6 is 11.8 Å². The minimum Gasteiger partial charge on any atom is -0.356 e. The lowest BCUT2D eigenvalue weighted by atomic mass is 10.3. The summed E-state index contributed by atoms with van der Waals surface area (Å²) in [6, 6.07) is 0. The maximum Gasteiger partial charge on any atom is 0.191 e. The highest BCUT2D eigenvalue weighted by atomic mass is 32.2. The average Bonchev–Trinajstić information content (AvgIpc) is 2.25. The van der Waals surface area contributed by atoms with Crippen LogP contribution in [0.25, 0.3) is 0 Å². The van der Waals surface area contributed by atoms with Crippen LogP contribution in [0.2, 0.25) is 0 Å². The Morgan fingerprint density at radius 1 is 1.22 bits per heavy atom. The van der Waals surface area contributed by atoms with Crippen molar-refractivity contribution >= 4 is 27.6 Å². The first kappa shape index (κ1) is 17.6. The molecule has 0 unspecified atom stereocenters. The first-order valence-corrected chi connectivity index (χ1v) is 8.95. The van der Waals surface area contributed by atoms with Crippen LogP contribution in [0.1, 0.15) is 20.8 Å². The summed E-state index contributed by atoms with van der Waals surface area (Å²) in [5, 5.41) is 6.13. The van der Waals surface area contributed by atoms with Gasteiger partial charge in [0.2, 0.25) is 0 Å². The minimum absolute atomic E-state index is 0.111. The van der Waals surface area contributed by atoms with Crippen molar-refractivity contribution in [2.24, 2.45) is 4.99 Å². The quantitative estimate of drug-likeness (QED) is 0.429. The number of sulfone groups is 1. The number of guanidine groups is 1. The van der Waals surface area contributed by atoms with Gasteiger partial charge in [-0.05, 0) is 27.0 Å². The molecule has 0 fully saturated rings. The first-order valence-electron chi connectivity index (χ1n) is 5.90. The van der Waals surface area contributed by atoms with E-state index in [1.807, 2.05) is 6.26 Å².